The van der Waals surface area contributed by atoms with Crippen molar-refractivity contribution in [3.63, 3.8) is 0 Å². The van der Waals surface area contributed by atoms with Crippen LogP contribution in [0.15, 0.2) is 0 Å². The zero-order chi connectivity index (χ0) is 13.1. The number of nitrogens with one attached hydrogen (secondary N) is 1. The van der Waals surface area contributed by atoms with E-state index in [-0.39, 0.29) is 11.9 Å². The Morgan fingerprint density at radius 2 is 1.95 bits per heavy atom. The molecule has 0 aromatic carbocycles. The molecular formula is C15H27NO3. The SMILES string of the molecule is C[C@H](NC[C@@H]1COC2(CCOCC2)O1)C1CCCC1. The third kappa shape index (κ3) is 3.30. The fourth-order valence-corrected chi connectivity index (χ4v) is 3.60. The maximum Gasteiger partial charge on any atom is 0.173 e. The van der Waals surface area contributed by atoms with Gasteiger partial charge >= 0.3 is 0 Å². The lowest BCUT2D eigenvalue weighted by atomic mass is 10.00. The highest BCUT2D eigenvalue weighted by molar-refractivity contribution is 4.84. The van der Waals surface area contributed by atoms with Gasteiger partial charge in [-0.15, -0.1) is 0 Å². The van der Waals surface area contributed by atoms with Crippen molar-refractivity contribution in [1.29, 1.82) is 0 Å². The molecule has 4 nitrogen and oxygen atoms in total. The molecule has 2 atom stereocenters. The van der Waals surface area contributed by atoms with Crippen LogP contribution in [0.25, 0.3) is 0 Å². The van der Waals surface area contributed by atoms with Gasteiger partial charge in [-0.2, -0.15) is 0 Å². The summed E-state index contributed by atoms with van der Waals surface area (Å²) in [6.07, 6.45) is 7.55. The van der Waals surface area contributed by atoms with Gasteiger partial charge in [-0.1, -0.05) is 12.8 Å². The third-order valence-corrected chi connectivity index (χ3v) is 4.94. The Morgan fingerprint density at radius 3 is 2.68 bits per heavy atom. The van der Waals surface area contributed by atoms with Gasteiger partial charge in [-0.05, 0) is 25.7 Å². The van der Waals surface area contributed by atoms with Crippen molar-refractivity contribution in [1.82, 2.24) is 5.32 Å². The zero-order valence-electron chi connectivity index (χ0n) is 12.0. The Balaban J connectivity index is 1.41. The molecule has 3 aliphatic rings. The molecule has 1 spiro atoms. The lowest BCUT2D eigenvalue weighted by molar-refractivity contribution is -0.210. The van der Waals surface area contributed by atoms with Gasteiger partial charge in [-0.25, -0.2) is 0 Å². The summed E-state index contributed by atoms with van der Waals surface area (Å²) in [5.41, 5.74) is 0. The second-order valence-electron chi connectivity index (χ2n) is 6.32. The summed E-state index contributed by atoms with van der Waals surface area (Å²) in [7, 11) is 0. The van der Waals surface area contributed by atoms with E-state index in [0.717, 1.165) is 45.1 Å². The summed E-state index contributed by atoms with van der Waals surface area (Å²) >= 11 is 0. The van der Waals surface area contributed by atoms with E-state index in [1.54, 1.807) is 0 Å². The molecule has 2 saturated heterocycles. The highest BCUT2D eigenvalue weighted by atomic mass is 16.7. The number of ether oxygens (including phenoxy) is 3. The summed E-state index contributed by atoms with van der Waals surface area (Å²) in [5.74, 6) is 0.528. The van der Waals surface area contributed by atoms with E-state index in [1.807, 2.05) is 0 Å². The van der Waals surface area contributed by atoms with Crippen LogP contribution in [-0.2, 0) is 14.2 Å². The predicted octanol–water partition coefficient (Wildman–Crippen LogP) is 2.08. The topological polar surface area (TPSA) is 39.7 Å². The highest BCUT2D eigenvalue weighted by Crippen LogP contribution is 2.33. The van der Waals surface area contributed by atoms with Crippen molar-refractivity contribution in [3.8, 4) is 0 Å². The third-order valence-electron chi connectivity index (χ3n) is 4.94. The fraction of sp³-hybridized carbons (Fsp3) is 1.00. The molecule has 2 aliphatic heterocycles. The maximum atomic E-state index is 6.14. The molecule has 4 heteroatoms. The lowest BCUT2D eigenvalue weighted by Crippen LogP contribution is -2.41. The summed E-state index contributed by atoms with van der Waals surface area (Å²) in [5, 5.41) is 3.65. The standard InChI is InChI=1S/C15H27NO3/c1-12(13-4-2-3-5-13)16-10-14-11-18-15(19-14)6-8-17-9-7-15/h12-14,16H,2-11H2,1H3/t12-,14+/m0/s1. The summed E-state index contributed by atoms with van der Waals surface area (Å²) < 4.78 is 17.4. The smallest absolute Gasteiger partial charge is 0.173 e. The Labute approximate surface area is 116 Å². The van der Waals surface area contributed by atoms with E-state index in [2.05, 4.69) is 12.2 Å². The molecule has 3 fully saturated rings. The molecule has 1 aliphatic carbocycles. The van der Waals surface area contributed by atoms with Crippen LogP contribution in [0.4, 0.5) is 0 Å². The van der Waals surface area contributed by atoms with E-state index in [1.165, 1.54) is 25.7 Å². The van der Waals surface area contributed by atoms with Gasteiger partial charge in [0.2, 0.25) is 0 Å². The molecular weight excluding hydrogens is 242 g/mol. The minimum Gasteiger partial charge on any atom is -0.381 e. The first kappa shape index (κ1) is 13.8. The average molecular weight is 269 g/mol. The average Bonchev–Trinajstić information content (AvgIpc) is 3.08. The molecule has 3 rings (SSSR count). The molecule has 0 radical (unpaired) electrons. The second-order valence-corrected chi connectivity index (χ2v) is 6.32. The molecule has 0 bridgehead atoms. The molecule has 2 heterocycles. The van der Waals surface area contributed by atoms with Crippen LogP contribution >= 0.6 is 0 Å². The number of hydrogen-bond acceptors (Lipinski definition) is 4. The molecule has 19 heavy (non-hydrogen) atoms. The predicted molar refractivity (Wildman–Crippen MR) is 73.0 cm³/mol. The molecule has 0 aromatic heterocycles. The Morgan fingerprint density at radius 1 is 1.21 bits per heavy atom. The quantitative estimate of drug-likeness (QED) is 0.848. The summed E-state index contributed by atoms with van der Waals surface area (Å²) in [6.45, 7) is 5.48. The molecule has 1 saturated carbocycles. The first-order chi connectivity index (χ1) is 9.27. The molecule has 0 aromatic rings. The van der Waals surface area contributed by atoms with Crippen molar-refractivity contribution in [2.75, 3.05) is 26.4 Å². The zero-order valence-corrected chi connectivity index (χ0v) is 12.0. The monoisotopic (exact) mass is 269 g/mol. The van der Waals surface area contributed by atoms with Crippen LogP contribution < -0.4 is 5.32 Å². The van der Waals surface area contributed by atoms with Gasteiger partial charge < -0.3 is 19.5 Å². The van der Waals surface area contributed by atoms with Crippen LogP contribution in [0.2, 0.25) is 0 Å². The minimum absolute atomic E-state index is 0.210. The van der Waals surface area contributed by atoms with Crippen molar-refractivity contribution in [2.45, 2.75) is 63.4 Å². The molecule has 110 valence electrons. The van der Waals surface area contributed by atoms with E-state index in [9.17, 15) is 0 Å². The Hall–Kier alpha value is -0.160. The van der Waals surface area contributed by atoms with Gasteiger partial charge in [0.15, 0.2) is 5.79 Å². The van der Waals surface area contributed by atoms with E-state index in [0.29, 0.717) is 6.04 Å². The van der Waals surface area contributed by atoms with Gasteiger partial charge in [0.1, 0.15) is 0 Å². The minimum atomic E-state index is -0.332. The van der Waals surface area contributed by atoms with Crippen LogP contribution in [0.5, 0.6) is 0 Å². The van der Waals surface area contributed by atoms with E-state index in [4.69, 9.17) is 14.2 Å². The van der Waals surface area contributed by atoms with E-state index < -0.39 is 0 Å². The number of rotatable bonds is 4. The van der Waals surface area contributed by atoms with Gasteiger partial charge in [0, 0.05) is 25.4 Å². The normalized spacial score (nSPS) is 33.0. The van der Waals surface area contributed by atoms with Crippen LogP contribution in [-0.4, -0.2) is 44.3 Å². The van der Waals surface area contributed by atoms with Crippen molar-refractivity contribution in [2.24, 2.45) is 5.92 Å². The molecule has 1 N–H and O–H groups in total. The number of hydrogen-bond donors (Lipinski definition) is 1. The Kier molecular flexibility index (Phi) is 4.42. The highest BCUT2D eigenvalue weighted by Gasteiger charge is 2.42. The van der Waals surface area contributed by atoms with Crippen molar-refractivity contribution < 1.29 is 14.2 Å². The molecule has 0 amide bonds. The Bertz CT molecular complexity index is 285. The first-order valence-electron chi connectivity index (χ1n) is 7.90. The van der Waals surface area contributed by atoms with Gasteiger partial charge in [-0.3, -0.25) is 0 Å². The summed E-state index contributed by atoms with van der Waals surface area (Å²) in [6, 6.07) is 0.609. The van der Waals surface area contributed by atoms with Crippen LogP contribution in [0, 0.1) is 5.92 Å². The fourth-order valence-electron chi connectivity index (χ4n) is 3.60. The second kappa shape index (κ2) is 6.08. The lowest BCUT2D eigenvalue weighted by Gasteiger charge is -2.32. The van der Waals surface area contributed by atoms with Crippen molar-refractivity contribution in [3.05, 3.63) is 0 Å². The van der Waals surface area contributed by atoms with Crippen LogP contribution in [0.3, 0.4) is 0 Å². The summed E-state index contributed by atoms with van der Waals surface area (Å²) in [4.78, 5) is 0. The van der Waals surface area contributed by atoms with E-state index >= 15 is 0 Å². The van der Waals surface area contributed by atoms with Gasteiger partial charge in [0.05, 0.1) is 25.9 Å². The largest absolute Gasteiger partial charge is 0.381 e. The maximum absolute atomic E-state index is 6.14. The van der Waals surface area contributed by atoms with Crippen molar-refractivity contribution >= 4 is 0 Å². The van der Waals surface area contributed by atoms with Crippen LogP contribution in [0.1, 0.15) is 45.4 Å². The molecule has 0 unspecified atom stereocenters. The van der Waals surface area contributed by atoms with Gasteiger partial charge in [0.25, 0.3) is 0 Å². The first-order valence-corrected chi connectivity index (χ1v) is 7.90.